The van der Waals surface area contributed by atoms with Gasteiger partial charge in [0.1, 0.15) is 5.82 Å². The summed E-state index contributed by atoms with van der Waals surface area (Å²) in [7, 11) is -1.48. The third-order valence-electron chi connectivity index (χ3n) is 2.07. The van der Waals surface area contributed by atoms with E-state index >= 15 is 0 Å². The summed E-state index contributed by atoms with van der Waals surface area (Å²) in [5.41, 5.74) is 0.568. The van der Waals surface area contributed by atoms with Crippen molar-refractivity contribution in [1.29, 1.82) is 0 Å². The Hall–Kier alpha value is -0.905. The highest BCUT2D eigenvalue weighted by Gasteiger charge is 2.15. The molecule has 0 unspecified atom stereocenters. The van der Waals surface area contributed by atoms with Gasteiger partial charge in [-0.15, -0.1) is 11.3 Å². The van der Waals surface area contributed by atoms with E-state index in [4.69, 9.17) is 10.0 Å². The zero-order valence-electron chi connectivity index (χ0n) is 7.49. The second kappa shape index (κ2) is 3.35. The van der Waals surface area contributed by atoms with Crippen molar-refractivity contribution in [3.63, 3.8) is 0 Å². The summed E-state index contributed by atoms with van der Waals surface area (Å²) < 4.78 is 14.4. The number of aryl methyl sites for hydroxylation is 1. The summed E-state index contributed by atoms with van der Waals surface area (Å²) in [4.78, 5) is 0. The van der Waals surface area contributed by atoms with Crippen LogP contribution in [0.2, 0.25) is 0 Å². The minimum atomic E-state index is -1.48. The molecule has 0 amide bonds. The quantitative estimate of drug-likeness (QED) is 0.690. The van der Waals surface area contributed by atoms with Crippen LogP contribution in [0, 0.1) is 12.7 Å². The first kappa shape index (κ1) is 9.64. The first-order chi connectivity index (χ1) is 6.58. The van der Waals surface area contributed by atoms with Gasteiger partial charge in [0, 0.05) is 9.48 Å². The van der Waals surface area contributed by atoms with Crippen LogP contribution in [0.25, 0.3) is 10.1 Å². The maximum absolute atomic E-state index is 13.1. The van der Waals surface area contributed by atoms with Gasteiger partial charge in [-0.3, -0.25) is 0 Å². The molecule has 0 saturated heterocycles. The van der Waals surface area contributed by atoms with Crippen LogP contribution in [0.5, 0.6) is 0 Å². The van der Waals surface area contributed by atoms with Crippen LogP contribution >= 0.6 is 11.3 Å². The number of hydrogen-bond acceptors (Lipinski definition) is 3. The fraction of sp³-hybridized carbons (Fsp3) is 0.111. The van der Waals surface area contributed by atoms with Gasteiger partial charge in [0.25, 0.3) is 0 Å². The number of hydrogen-bond donors (Lipinski definition) is 2. The van der Waals surface area contributed by atoms with E-state index in [-0.39, 0.29) is 5.82 Å². The lowest BCUT2D eigenvalue weighted by molar-refractivity contribution is 0.427. The SMILES string of the molecule is Cc1cc2sc(B(O)O)cc2cc1F. The molecule has 2 N–H and O–H groups in total. The van der Waals surface area contributed by atoms with Crippen molar-refractivity contribution in [3.05, 3.63) is 29.6 Å². The van der Waals surface area contributed by atoms with Crippen molar-refractivity contribution in [1.82, 2.24) is 0 Å². The average Bonchev–Trinajstić information content (AvgIpc) is 2.48. The average molecular weight is 210 g/mol. The Bertz CT molecular complexity index is 442. The fourth-order valence-electron chi connectivity index (χ4n) is 1.31. The second-order valence-corrected chi connectivity index (χ2v) is 4.28. The van der Waals surface area contributed by atoms with Crippen molar-refractivity contribution in [3.8, 4) is 0 Å². The highest BCUT2D eigenvalue weighted by molar-refractivity contribution is 7.27. The van der Waals surface area contributed by atoms with Gasteiger partial charge in [-0.05, 0) is 36.1 Å². The summed E-state index contributed by atoms with van der Waals surface area (Å²) in [5.74, 6) is -0.269. The molecule has 2 aromatic rings. The van der Waals surface area contributed by atoms with Crippen LogP contribution in [0.1, 0.15) is 5.56 Å². The summed E-state index contributed by atoms with van der Waals surface area (Å²) in [6.07, 6.45) is 0. The number of fused-ring (bicyclic) bond motifs is 1. The Labute approximate surface area is 84.8 Å². The van der Waals surface area contributed by atoms with Crippen LogP contribution in [0.3, 0.4) is 0 Å². The van der Waals surface area contributed by atoms with Gasteiger partial charge in [-0.1, -0.05) is 0 Å². The van der Waals surface area contributed by atoms with Crippen LogP contribution in [-0.2, 0) is 0 Å². The Morgan fingerprint density at radius 1 is 1.29 bits per heavy atom. The van der Waals surface area contributed by atoms with E-state index in [0.717, 1.165) is 4.70 Å². The molecular weight excluding hydrogens is 202 g/mol. The molecule has 0 atom stereocenters. The van der Waals surface area contributed by atoms with Crippen molar-refractivity contribution in [2.45, 2.75) is 6.92 Å². The first-order valence-corrected chi connectivity index (χ1v) is 4.95. The standard InChI is InChI=1S/C9H8BFO2S/c1-5-2-8-6(3-7(5)11)4-9(14-8)10(12)13/h2-4,12-13H,1H3. The molecule has 0 bridgehead atoms. The summed E-state index contributed by atoms with van der Waals surface area (Å²) >= 11 is 1.26. The lowest BCUT2D eigenvalue weighted by Crippen LogP contribution is -2.26. The second-order valence-electron chi connectivity index (χ2n) is 3.16. The number of thiophene rings is 1. The molecule has 2 rings (SSSR count). The van der Waals surface area contributed by atoms with Gasteiger partial charge >= 0.3 is 7.12 Å². The molecule has 0 fully saturated rings. The minimum Gasteiger partial charge on any atom is -0.423 e. The van der Waals surface area contributed by atoms with Gasteiger partial charge in [0.15, 0.2) is 0 Å². The molecule has 1 aromatic carbocycles. The predicted molar refractivity (Wildman–Crippen MR) is 56.3 cm³/mol. The number of rotatable bonds is 1. The van der Waals surface area contributed by atoms with Crippen LogP contribution in [-0.4, -0.2) is 17.2 Å². The Morgan fingerprint density at radius 2 is 2.00 bits per heavy atom. The highest BCUT2D eigenvalue weighted by Crippen LogP contribution is 2.22. The zero-order chi connectivity index (χ0) is 10.3. The molecule has 72 valence electrons. The predicted octanol–water partition coefficient (Wildman–Crippen LogP) is 1.03. The smallest absolute Gasteiger partial charge is 0.423 e. The molecule has 0 aliphatic heterocycles. The molecule has 14 heavy (non-hydrogen) atoms. The summed E-state index contributed by atoms with van der Waals surface area (Å²) in [5, 5.41) is 18.6. The molecule has 5 heteroatoms. The van der Waals surface area contributed by atoms with Crippen LogP contribution in [0.15, 0.2) is 18.2 Å². The van der Waals surface area contributed by atoms with Crippen molar-refractivity contribution < 1.29 is 14.4 Å². The summed E-state index contributed by atoms with van der Waals surface area (Å²) in [6.45, 7) is 1.68. The van der Waals surface area contributed by atoms with Crippen molar-refractivity contribution in [2.75, 3.05) is 0 Å². The minimum absolute atomic E-state index is 0.269. The van der Waals surface area contributed by atoms with Gasteiger partial charge in [0.2, 0.25) is 0 Å². The van der Waals surface area contributed by atoms with E-state index in [1.54, 1.807) is 19.1 Å². The molecule has 0 aliphatic rings. The lowest BCUT2D eigenvalue weighted by Gasteiger charge is -1.94. The van der Waals surface area contributed by atoms with Gasteiger partial charge in [0.05, 0.1) is 0 Å². The maximum Gasteiger partial charge on any atom is 0.499 e. The van der Waals surface area contributed by atoms with Crippen LogP contribution in [0.4, 0.5) is 4.39 Å². The topological polar surface area (TPSA) is 40.5 Å². The third-order valence-corrected chi connectivity index (χ3v) is 3.21. The van der Waals surface area contributed by atoms with Crippen molar-refractivity contribution in [2.24, 2.45) is 0 Å². The van der Waals surface area contributed by atoms with Gasteiger partial charge in [-0.2, -0.15) is 0 Å². The Balaban J connectivity index is 2.66. The zero-order valence-corrected chi connectivity index (χ0v) is 8.31. The van der Waals surface area contributed by atoms with Crippen molar-refractivity contribution >= 4 is 33.3 Å². The molecule has 0 saturated carbocycles. The van der Waals surface area contributed by atoms with E-state index < -0.39 is 7.12 Å². The van der Waals surface area contributed by atoms with E-state index in [2.05, 4.69) is 0 Å². The molecule has 1 heterocycles. The molecule has 0 spiro atoms. The molecule has 0 aliphatic carbocycles. The van der Waals surface area contributed by atoms with Gasteiger partial charge in [-0.25, -0.2) is 4.39 Å². The fourth-order valence-corrected chi connectivity index (χ4v) is 2.33. The number of halogens is 1. The van der Waals surface area contributed by atoms with E-state index in [1.807, 2.05) is 0 Å². The Kier molecular flexibility index (Phi) is 2.30. The molecule has 2 nitrogen and oxygen atoms in total. The van der Waals surface area contributed by atoms with E-state index in [0.29, 0.717) is 15.7 Å². The van der Waals surface area contributed by atoms with Crippen LogP contribution < -0.4 is 4.78 Å². The Morgan fingerprint density at radius 3 is 2.64 bits per heavy atom. The molecular formula is C9H8BFO2S. The van der Waals surface area contributed by atoms with E-state index in [1.165, 1.54) is 17.4 Å². The highest BCUT2D eigenvalue weighted by atomic mass is 32.1. The first-order valence-electron chi connectivity index (χ1n) is 4.13. The lowest BCUT2D eigenvalue weighted by atomic mass is 9.89. The van der Waals surface area contributed by atoms with Gasteiger partial charge < -0.3 is 10.0 Å². The molecule has 1 aromatic heterocycles. The maximum atomic E-state index is 13.1. The number of benzene rings is 1. The third kappa shape index (κ3) is 1.54. The normalized spacial score (nSPS) is 10.9. The van der Waals surface area contributed by atoms with E-state index in [9.17, 15) is 4.39 Å². The largest absolute Gasteiger partial charge is 0.499 e. The summed E-state index contributed by atoms with van der Waals surface area (Å²) in [6, 6.07) is 4.71. The monoisotopic (exact) mass is 210 g/mol. The molecule has 0 radical (unpaired) electrons.